The Labute approximate surface area is 543 Å². The first-order valence-electron chi connectivity index (χ1n) is 37.0. The third-order valence-electron chi connectivity index (χ3n) is 18.0. The zero-order chi connectivity index (χ0) is 64.5. The van der Waals surface area contributed by atoms with Crippen LogP contribution >= 0.6 is 0 Å². The minimum atomic E-state index is -1.79. The lowest BCUT2D eigenvalue weighted by Gasteiger charge is -2.46. The smallest absolute Gasteiger partial charge is 0.220 e. The molecule has 14 nitrogen and oxygen atoms in total. The maximum Gasteiger partial charge on any atom is 0.220 e. The molecule has 89 heavy (non-hydrogen) atoms. The number of nitrogens with one attached hydrogen (secondary N) is 1. The standard InChI is InChI=1S/C75H137NO13/c1-3-5-7-9-11-13-15-17-19-21-23-25-26-27-28-29-30-31-32-33-34-35-36-37-38-39-41-43-45-47-49-51-53-55-57-59-67(80)76-63(64(79)58-56-54-52-50-48-46-44-42-40-24-22-20-18-16-14-12-10-8-6-4-2)62-86-74-72(85)70(83)73(66(61-78)88-74)89-75-71(84)69(82)68(81)65(60-77)87-75/h5,7,11,13,17,19,23,25,56,58,63-66,68-75,77-79,81-85H,3-4,6,8-10,12,14-16,18,20-22,24,26-55,57,59-62H2,1-2H3,(H,76,80)/b7-5-,13-11-,19-17-,25-23-,58-56+. The van der Waals surface area contributed by atoms with E-state index in [4.69, 9.17) is 18.9 Å². The molecule has 14 heteroatoms. The zero-order valence-electron chi connectivity index (χ0n) is 56.7. The highest BCUT2D eigenvalue weighted by atomic mass is 16.7. The minimum Gasteiger partial charge on any atom is -0.394 e. The fourth-order valence-corrected chi connectivity index (χ4v) is 12.1. The van der Waals surface area contributed by atoms with Crippen LogP contribution in [0.2, 0.25) is 0 Å². The number of carbonyl (C=O) groups excluding carboxylic acids is 1. The molecule has 2 saturated heterocycles. The molecule has 0 aromatic rings. The molecule has 2 heterocycles. The first-order chi connectivity index (χ1) is 43.6. The Morgan fingerprint density at radius 3 is 1.19 bits per heavy atom. The van der Waals surface area contributed by atoms with Gasteiger partial charge in [-0.15, -0.1) is 0 Å². The predicted molar refractivity (Wildman–Crippen MR) is 364 cm³/mol. The molecule has 0 aromatic carbocycles. The van der Waals surface area contributed by atoms with Crippen LogP contribution in [-0.2, 0) is 23.7 Å². The number of ether oxygens (including phenoxy) is 4. The van der Waals surface area contributed by atoms with Crippen LogP contribution < -0.4 is 5.32 Å². The number of carbonyl (C=O) groups is 1. The van der Waals surface area contributed by atoms with Crippen LogP contribution in [-0.4, -0.2) is 140 Å². The van der Waals surface area contributed by atoms with Crippen molar-refractivity contribution in [3.63, 3.8) is 0 Å². The number of hydrogen-bond acceptors (Lipinski definition) is 13. The Hall–Kier alpha value is -2.31. The van der Waals surface area contributed by atoms with Crippen LogP contribution in [0.1, 0.15) is 316 Å². The molecule has 0 radical (unpaired) electrons. The van der Waals surface area contributed by atoms with Crippen molar-refractivity contribution in [1.29, 1.82) is 0 Å². The van der Waals surface area contributed by atoms with Gasteiger partial charge >= 0.3 is 0 Å². The van der Waals surface area contributed by atoms with Gasteiger partial charge in [-0.25, -0.2) is 0 Å². The van der Waals surface area contributed by atoms with Crippen molar-refractivity contribution in [2.75, 3.05) is 19.8 Å². The Balaban J connectivity index is 1.61. The van der Waals surface area contributed by atoms with E-state index in [1.807, 2.05) is 6.08 Å². The number of aliphatic hydroxyl groups is 8. The Morgan fingerprint density at radius 1 is 0.416 bits per heavy atom. The zero-order valence-corrected chi connectivity index (χ0v) is 56.7. The molecule has 2 aliphatic heterocycles. The summed E-state index contributed by atoms with van der Waals surface area (Å²) in [5.41, 5.74) is 0. The number of aliphatic hydroxyl groups excluding tert-OH is 8. The van der Waals surface area contributed by atoms with Gasteiger partial charge in [-0.2, -0.15) is 0 Å². The molecule has 0 aliphatic carbocycles. The Bertz CT molecular complexity index is 1720. The number of allylic oxidation sites excluding steroid dienone is 9. The van der Waals surface area contributed by atoms with E-state index in [0.29, 0.717) is 6.42 Å². The second-order valence-electron chi connectivity index (χ2n) is 26.0. The SMILES string of the molecule is CC/C=C\C/C=C\C/C=C\C/C=C\CCCCCCCCCCCCCCCCCCCCCCCCC(=O)NC(COC1OC(CO)C(OC2OC(CO)C(O)C(O)C2O)C(O)C1O)C(O)/C=C/CCCCCCCCCCCCCCCCCCCC. The fourth-order valence-electron chi connectivity index (χ4n) is 12.1. The van der Waals surface area contributed by atoms with E-state index in [0.717, 1.165) is 64.2 Å². The van der Waals surface area contributed by atoms with E-state index in [9.17, 15) is 45.6 Å². The third-order valence-corrected chi connectivity index (χ3v) is 18.0. The maximum atomic E-state index is 13.3. The van der Waals surface area contributed by atoms with Crippen molar-refractivity contribution in [2.45, 2.75) is 389 Å². The molecule has 2 fully saturated rings. The molecule has 520 valence electrons. The summed E-state index contributed by atoms with van der Waals surface area (Å²) in [6, 6.07) is -0.915. The van der Waals surface area contributed by atoms with Gasteiger partial charge in [0.25, 0.3) is 0 Å². The lowest BCUT2D eigenvalue weighted by Crippen LogP contribution is -2.65. The van der Waals surface area contributed by atoms with Crippen molar-refractivity contribution < 1.29 is 64.6 Å². The largest absolute Gasteiger partial charge is 0.394 e. The van der Waals surface area contributed by atoms with Gasteiger partial charge < -0.3 is 65.1 Å². The summed E-state index contributed by atoms with van der Waals surface area (Å²) >= 11 is 0. The second kappa shape index (κ2) is 59.4. The molecular weight excluding hydrogens is 1120 g/mol. The summed E-state index contributed by atoms with van der Waals surface area (Å²) < 4.78 is 22.9. The van der Waals surface area contributed by atoms with Gasteiger partial charge in [-0.1, -0.05) is 312 Å². The van der Waals surface area contributed by atoms with E-state index < -0.39 is 86.8 Å². The normalized spacial score (nSPS) is 23.3. The summed E-state index contributed by atoms with van der Waals surface area (Å²) in [6.45, 7) is 2.73. The molecule has 0 saturated carbocycles. The van der Waals surface area contributed by atoms with Gasteiger partial charge in [-0.3, -0.25) is 4.79 Å². The predicted octanol–water partition coefficient (Wildman–Crippen LogP) is 15.6. The van der Waals surface area contributed by atoms with Crippen molar-refractivity contribution in [1.82, 2.24) is 5.32 Å². The van der Waals surface area contributed by atoms with Crippen LogP contribution in [0.25, 0.3) is 0 Å². The van der Waals surface area contributed by atoms with Gasteiger partial charge in [0.2, 0.25) is 5.91 Å². The number of hydrogen-bond donors (Lipinski definition) is 9. The van der Waals surface area contributed by atoms with Crippen molar-refractivity contribution >= 4 is 5.91 Å². The van der Waals surface area contributed by atoms with Gasteiger partial charge in [0.1, 0.15) is 48.8 Å². The van der Waals surface area contributed by atoms with Crippen LogP contribution in [0, 0.1) is 0 Å². The molecular formula is C75H137NO13. The number of rotatable bonds is 61. The van der Waals surface area contributed by atoms with Crippen molar-refractivity contribution in [3.05, 3.63) is 60.8 Å². The highest BCUT2D eigenvalue weighted by molar-refractivity contribution is 5.76. The number of unbranched alkanes of at least 4 members (excludes halogenated alkanes) is 40. The van der Waals surface area contributed by atoms with Gasteiger partial charge in [0, 0.05) is 6.42 Å². The highest BCUT2D eigenvalue weighted by Gasteiger charge is 2.51. The lowest BCUT2D eigenvalue weighted by atomic mass is 9.97. The van der Waals surface area contributed by atoms with Crippen LogP contribution in [0.5, 0.6) is 0 Å². The summed E-state index contributed by atoms with van der Waals surface area (Å²) in [5, 5.41) is 87.5. The monoisotopic (exact) mass is 1260 g/mol. The average Bonchev–Trinajstić information content (AvgIpc) is 3.62. The average molecular weight is 1260 g/mol. The summed E-state index contributed by atoms with van der Waals surface area (Å²) in [6.07, 6.45) is 62.9. The second-order valence-corrected chi connectivity index (χ2v) is 26.0. The van der Waals surface area contributed by atoms with Gasteiger partial charge in [0.15, 0.2) is 12.6 Å². The van der Waals surface area contributed by atoms with E-state index >= 15 is 0 Å². The van der Waals surface area contributed by atoms with Crippen molar-refractivity contribution in [3.8, 4) is 0 Å². The Kier molecular flexibility index (Phi) is 55.3. The molecule has 2 aliphatic rings. The molecule has 12 unspecified atom stereocenters. The van der Waals surface area contributed by atoms with Gasteiger partial charge in [0.05, 0.1) is 32.0 Å². The summed E-state index contributed by atoms with van der Waals surface area (Å²) in [7, 11) is 0. The molecule has 1 amide bonds. The maximum absolute atomic E-state index is 13.3. The quantitative estimate of drug-likeness (QED) is 0.0204. The van der Waals surface area contributed by atoms with Crippen LogP contribution in [0.4, 0.5) is 0 Å². The van der Waals surface area contributed by atoms with Gasteiger partial charge in [-0.05, 0) is 57.8 Å². The summed E-state index contributed by atoms with van der Waals surface area (Å²) in [4.78, 5) is 13.3. The lowest BCUT2D eigenvalue weighted by molar-refractivity contribution is -0.359. The van der Waals surface area contributed by atoms with E-state index in [-0.39, 0.29) is 18.9 Å². The molecule has 0 aromatic heterocycles. The first kappa shape index (κ1) is 82.8. The molecule has 12 atom stereocenters. The fraction of sp³-hybridized carbons (Fsp3) is 0.853. The third kappa shape index (κ3) is 43.3. The summed E-state index contributed by atoms with van der Waals surface area (Å²) in [5.74, 6) is -0.234. The van der Waals surface area contributed by atoms with Crippen LogP contribution in [0.3, 0.4) is 0 Å². The highest BCUT2D eigenvalue weighted by Crippen LogP contribution is 2.30. The van der Waals surface area contributed by atoms with Crippen LogP contribution in [0.15, 0.2) is 60.8 Å². The Morgan fingerprint density at radius 2 is 0.775 bits per heavy atom. The van der Waals surface area contributed by atoms with E-state index in [1.165, 1.54) is 225 Å². The van der Waals surface area contributed by atoms with Crippen molar-refractivity contribution in [2.24, 2.45) is 0 Å². The topological polar surface area (TPSA) is 228 Å². The van der Waals surface area contributed by atoms with E-state index in [2.05, 4.69) is 67.8 Å². The molecule has 0 spiro atoms. The first-order valence-corrected chi connectivity index (χ1v) is 37.0. The number of amides is 1. The minimum absolute atomic E-state index is 0.234. The van der Waals surface area contributed by atoms with E-state index in [1.54, 1.807) is 6.08 Å². The molecule has 9 N–H and O–H groups in total. The molecule has 0 bridgehead atoms. The molecule has 2 rings (SSSR count).